The number of amides is 1. The van der Waals surface area contributed by atoms with Crippen LogP contribution in [0.15, 0.2) is 42.5 Å². The molecule has 0 aliphatic carbocycles. The fourth-order valence-corrected chi connectivity index (χ4v) is 2.51. The predicted octanol–water partition coefficient (Wildman–Crippen LogP) is 3.56. The molecule has 0 radical (unpaired) electrons. The van der Waals surface area contributed by atoms with Gasteiger partial charge < -0.3 is 14.8 Å². The number of carbonyl (C=O) groups excluding carboxylic acids is 2. The van der Waals surface area contributed by atoms with Crippen molar-refractivity contribution in [3.63, 3.8) is 0 Å². The van der Waals surface area contributed by atoms with E-state index in [0.29, 0.717) is 11.6 Å². The van der Waals surface area contributed by atoms with E-state index in [9.17, 15) is 22.8 Å². The highest BCUT2D eigenvalue weighted by atomic mass is 19.4. The fourth-order valence-electron chi connectivity index (χ4n) is 2.51. The quantitative estimate of drug-likeness (QED) is 0.841. The molecule has 25 heavy (non-hydrogen) atoms. The van der Waals surface area contributed by atoms with E-state index in [1.807, 2.05) is 0 Å². The first kappa shape index (κ1) is 16.8. The summed E-state index contributed by atoms with van der Waals surface area (Å²) in [5, 5.41) is 2.47. The van der Waals surface area contributed by atoms with Gasteiger partial charge >= 0.3 is 12.1 Å². The van der Waals surface area contributed by atoms with Gasteiger partial charge in [0, 0.05) is 5.56 Å². The zero-order valence-corrected chi connectivity index (χ0v) is 12.9. The molecule has 2 aromatic carbocycles. The van der Waals surface area contributed by atoms with Gasteiger partial charge in [0.25, 0.3) is 5.91 Å². The number of nitrogens with one attached hydrogen (secondary N) is 1. The van der Waals surface area contributed by atoms with Gasteiger partial charge in [-0.2, -0.15) is 13.2 Å². The molecule has 1 aliphatic rings. The molecule has 0 bridgehead atoms. The Kier molecular flexibility index (Phi) is 4.12. The maximum Gasteiger partial charge on any atom is 0.417 e. The van der Waals surface area contributed by atoms with Crippen LogP contribution in [0.3, 0.4) is 0 Å². The average molecular weight is 351 g/mol. The molecule has 1 aliphatic heterocycles. The van der Waals surface area contributed by atoms with E-state index in [0.717, 1.165) is 13.2 Å². The minimum Gasteiger partial charge on any atom is -0.474 e. The lowest BCUT2D eigenvalue weighted by Gasteiger charge is -2.27. The number of hydrogen-bond donors (Lipinski definition) is 1. The van der Waals surface area contributed by atoms with Gasteiger partial charge in [0.1, 0.15) is 5.75 Å². The normalized spacial score (nSPS) is 16.5. The molecule has 1 heterocycles. The molecule has 1 amide bonds. The minimum atomic E-state index is -4.79. The Bertz CT molecular complexity index is 834. The molecule has 1 unspecified atom stereocenters. The SMILES string of the molecule is COC(=O)c1cc2c(cc1C(F)(F)F)OC(c1ccccc1)C(=O)N2. The van der Waals surface area contributed by atoms with E-state index in [2.05, 4.69) is 10.1 Å². The number of benzene rings is 2. The lowest BCUT2D eigenvalue weighted by atomic mass is 10.0. The Hall–Kier alpha value is -3.03. The molecule has 0 spiro atoms. The first-order valence-corrected chi connectivity index (χ1v) is 7.17. The number of rotatable bonds is 2. The second kappa shape index (κ2) is 6.12. The maximum atomic E-state index is 13.3. The Morgan fingerprint density at radius 1 is 1.20 bits per heavy atom. The van der Waals surface area contributed by atoms with Crippen LogP contribution in [-0.4, -0.2) is 19.0 Å². The number of esters is 1. The number of halogens is 3. The van der Waals surface area contributed by atoms with Crippen molar-refractivity contribution in [2.45, 2.75) is 12.3 Å². The van der Waals surface area contributed by atoms with Crippen LogP contribution < -0.4 is 10.1 Å². The number of methoxy groups -OCH3 is 1. The number of fused-ring (bicyclic) bond motifs is 1. The van der Waals surface area contributed by atoms with Crippen molar-refractivity contribution in [2.24, 2.45) is 0 Å². The van der Waals surface area contributed by atoms with Crippen molar-refractivity contribution in [3.05, 3.63) is 59.2 Å². The van der Waals surface area contributed by atoms with E-state index >= 15 is 0 Å². The van der Waals surface area contributed by atoms with Gasteiger partial charge in [-0.1, -0.05) is 30.3 Å². The van der Waals surface area contributed by atoms with E-state index in [4.69, 9.17) is 4.74 Å². The summed E-state index contributed by atoms with van der Waals surface area (Å²) in [5.74, 6) is -1.88. The van der Waals surface area contributed by atoms with E-state index < -0.39 is 35.3 Å². The standard InChI is InChI=1S/C17H12F3NO4/c1-24-16(23)10-7-12-13(8-11(10)17(18,19)20)25-14(15(22)21-12)9-5-3-2-4-6-9/h2-8,14H,1H3,(H,21,22). The summed E-state index contributed by atoms with van der Waals surface area (Å²) in [4.78, 5) is 23.9. The maximum absolute atomic E-state index is 13.3. The number of hydrogen-bond acceptors (Lipinski definition) is 4. The van der Waals surface area contributed by atoms with Crippen LogP contribution in [0.5, 0.6) is 5.75 Å². The molecule has 3 rings (SSSR count). The number of alkyl halides is 3. The number of ether oxygens (including phenoxy) is 2. The molecule has 0 aromatic heterocycles. The Balaban J connectivity index is 2.08. The number of carbonyl (C=O) groups is 2. The topological polar surface area (TPSA) is 64.6 Å². The zero-order chi connectivity index (χ0) is 18.2. The molecule has 8 heteroatoms. The lowest BCUT2D eigenvalue weighted by molar-refractivity contribution is -0.138. The van der Waals surface area contributed by atoms with Crippen molar-refractivity contribution in [2.75, 3.05) is 12.4 Å². The molecular formula is C17H12F3NO4. The molecule has 1 atom stereocenters. The van der Waals surface area contributed by atoms with Gasteiger partial charge in [0.05, 0.1) is 23.9 Å². The Labute approximate surface area is 140 Å². The van der Waals surface area contributed by atoms with Gasteiger partial charge in [0.2, 0.25) is 6.10 Å². The van der Waals surface area contributed by atoms with Crippen LogP contribution in [0.4, 0.5) is 18.9 Å². The zero-order valence-electron chi connectivity index (χ0n) is 12.9. The monoisotopic (exact) mass is 351 g/mol. The van der Waals surface area contributed by atoms with Crippen LogP contribution in [-0.2, 0) is 15.7 Å². The van der Waals surface area contributed by atoms with Crippen molar-refractivity contribution < 1.29 is 32.2 Å². The van der Waals surface area contributed by atoms with Crippen LogP contribution >= 0.6 is 0 Å². The lowest BCUT2D eigenvalue weighted by Crippen LogP contribution is -2.31. The summed E-state index contributed by atoms with van der Waals surface area (Å²) in [5.41, 5.74) is -1.42. The third kappa shape index (κ3) is 3.15. The molecule has 0 saturated carbocycles. The van der Waals surface area contributed by atoms with Gasteiger partial charge in [-0.15, -0.1) is 0 Å². The molecule has 2 aromatic rings. The van der Waals surface area contributed by atoms with Gasteiger partial charge in [0.15, 0.2) is 0 Å². The number of anilines is 1. The molecule has 0 saturated heterocycles. The first-order valence-electron chi connectivity index (χ1n) is 7.17. The van der Waals surface area contributed by atoms with Crippen LogP contribution in [0, 0.1) is 0 Å². The van der Waals surface area contributed by atoms with Crippen LogP contribution in [0.2, 0.25) is 0 Å². The van der Waals surface area contributed by atoms with Crippen molar-refractivity contribution in [1.82, 2.24) is 0 Å². The first-order chi connectivity index (χ1) is 11.8. The Morgan fingerprint density at radius 3 is 2.48 bits per heavy atom. The van der Waals surface area contributed by atoms with Crippen molar-refractivity contribution in [3.8, 4) is 5.75 Å². The van der Waals surface area contributed by atoms with Gasteiger partial charge in [-0.3, -0.25) is 4.79 Å². The summed E-state index contributed by atoms with van der Waals surface area (Å²) in [6.07, 6.45) is -5.87. The highest BCUT2D eigenvalue weighted by Gasteiger charge is 2.39. The van der Waals surface area contributed by atoms with Gasteiger partial charge in [-0.05, 0) is 12.1 Å². The molecule has 130 valence electrons. The second-order valence-corrected chi connectivity index (χ2v) is 5.28. The summed E-state index contributed by atoms with van der Waals surface area (Å²) >= 11 is 0. The Morgan fingerprint density at radius 2 is 1.88 bits per heavy atom. The van der Waals surface area contributed by atoms with E-state index in [1.54, 1.807) is 30.3 Å². The molecule has 5 nitrogen and oxygen atoms in total. The second-order valence-electron chi connectivity index (χ2n) is 5.28. The van der Waals surface area contributed by atoms with Crippen LogP contribution in [0.1, 0.15) is 27.6 Å². The third-order valence-corrected chi connectivity index (χ3v) is 3.67. The summed E-state index contributed by atoms with van der Waals surface area (Å²) in [6.45, 7) is 0. The average Bonchev–Trinajstić information content (AvgIpc) is 2.59. The fraction of sp³-hybridized carbons (Fsp3) is 0.176. The van der Waals surface area contributed by atoms with Crippen LogP contribution in [0.25, 0.3) is 0 Å². The minimum absolute atomic E-state index is 0.0226. The smallest absolute Gasteiger partial charge is 0.417 e. The van der Waals surface area contributed by atoms with E-state index in [1.165, 1.54) is 0 Å². The van der Waals surface area contributed by atoms with Crippen molar-refractivity contribution in [1.29, 1.82) is 0 Å². The third-order valence-electron chi connectivity index (χ3n) is 3.67. The molecule has 1 N–H and O–H groups in total. The molecule has 0 fully saturated rings. The summed E-state index contributed by atoms with van der Waals surface area (Å²) in [7, 11) is 0.975. The molecular weight excluding hydrogens is 339 g/mol. The predicted molar refractivity (Wildman–Crippen MR) is 81.2 cm³/mol. The summed E-state index contributed by atoms with van der Waals surface area (Å²) < 4.78 is 49.6. The van der Waals surface area contributed by atoms with Gasteiger partial charge in [-0.25, -0.2) is 4.79 Å². The summed E-state index contributed by atoms with van der Waals surface area (Å²) in [6, 6.07) is 9.96. The highest BCUT2D eigenvalue weighted by molar-refractivity contribution is 6.01. The largest absolute Gasteiger partial charge is 0.474 e. The highest BCUT2D eigenvalue weighted by Crippen LogP contribution is 2.42. The van der Waals surface area contributed by atoms with Crippen molar-refractivity contribution >= 4 is 17.6 Å². The van der Waals surface area contributed by atoms with E-state index in [-0.39, 0.29) is 11.4 Å².